The molecule has 1 amide bonds. The number of carbonyl (C=O) groups excluding carboxylic acids is 1. The zero-order valence-electron chi connectivity index (χ0n) is 16.0. The normalized spacial score (nSPS) is 12.6. The molecular weight excluding hydrogens is 364 g/mol. The molecule has 0 heterocycles. The van der Waals surface area contributed by atoms with Gasteiger partial charge in [-0.2, -0.15) is 4.72 Å². The Morgan fingerprint density at radius 3 is 2.37 bits per heavy atom. The van der Waals surface area contributed by atoms with Gasteiger partial charge in [-0.1, -0.05) is 36.4 Å². The molecule has 2 N–H and O–H groups in total. The van der Waals surface area contributed by atoms with Crippen LogP contribution in [-0.2, 0) is 21.2 Å². The van der Waals surface area contributed by atoms with E-state index < -0.39 is 16.1 Å². The van der Waals surface area contributed by atoms with Crippen LogP contribution >= 0.6 is 0 Å². The molecule has 0 aliphatic carbocycles. The number of hydrogen-bond donors (Lipinski definition) is 2. The van der Waals surface area contributed by atoms with Crippen molar-refractivity contribution in [2.24, 2.45) is 0 Å². The van der Waals surface area contributed by atoms with E-state index in [4.69, 9.17) is 4.74 Å². The zero-order valence-corrected chi connectivity index (χ0v) is 16.8. The molecule has 0 fully saturated rings. The molecule has 2 aromatic rings. The fraction of sp³-hybridized carbons (Fsp3) is 0.350. The summed E-state index contributed by atoms with van der Waals surface area (Å²) in [7, 11) is -2.55. The van der Waals surface area contributed by atoms with Crippen LogP contribution in [0.25, 0.3) is 0 Å². The molecule has 1 atom stereocenters. The van der Waals surface area contributed by atoms with Crippen LogP contribution in [0.2, 0.25) is 0 Å². The van der Waals surface area contributed by atoms with Gasteiger partial charge in [0.2, 0.25) is 15.9 Å². The third kappa shape index (κ3) is 5.80. The van der Waals surface area contributed by atoms with Crippen LogP contribution in [0.5, 0.6) is 5.75 Å². The molecule has 146 valence electrons. The molecule has 0 saturated heterocycles. The Labute approximate surface area is 161 Å². The number of nitrogens with one attached hydrogen (secondary N) is 2. The van der Waals surface area contributed by atoms with Crippen LogP contribution in [0.3, 0.4) is 0 Å². The minimum atomic E-state index is -3.96. The zero-order chi connectivity index (χ0) is 20.0. The van der Waals surface area contributed by atoms with Crippen molar-refractivity contribution < 1.29 is 17.9 Å². The average Bonchev–Trinajstić information content (AvgIpc) is 2.61. The van der Waals surface area contributed by atoms with E-state index >= 15 is 0 Å². The van der Waals surface area contributed by atoms with E-state index in [1.165, 1.54) is 13.2 Å². The molecule has 0 bridgehead atoms. The molecule has 0 aliphatic heterocycles. The predicted molar refractivity (Wildman–Crippen MR) is 105 cm³/mol. The standard InChI is InChI=1S/C20H26N2O4S/c1-14(2)21-20(23)17(13-16-8-6-5-7-9-16)22-27(24,25)19-12-15(3)10-11-18(19)26-4/h5-12,14,17,22H,13H2,1-4H3,(H,21,23)/t17-/m0/s1. The van der Waals surface area contributed by atoms with Gasteiger partial charge in [0, 0.05) is 6.04 Å². The van der Waals surface area contributed by atoms with Gasteiger partial charge >= 0.3 is 0 Å². The van der Waals surface area contributed by atoms with Crippen LogP contribution in [0.4, 0.5) is 0 Å². The topological polar surface area (TPSA) is 84.5 Å². The highest BCUT2D eigenvalue weighted by atomic mass is 32.2. The van der Waals surface area contributed by atoms with Gasteiger partial charge in [-0.15, -0.1) is 0 Å². The molecule has 7 heteroatoms. The molecule has 0 aromatic heterocycles. The van der Waals surface area contributed by atoms with Gasteiger partial charge in [-0.3, -0.25) is 4.79 Å². The summed E-state index contributed by atoms with van der Waals surface area (Å²) in [6.45, 7) is 5.45. The number of hydrogen-bond acceptors (Lipinski definition) is 4. The number of amides is 1. The van der Waals surface area contributed by atoms with E-state index in [2.05, 4.69) is 10.0 Å². The summed E-state index contributed by atoms with van der Waals surface area (Å²) >= 11 is 0. The van der Waals surface area contributed by atoms with Crippen LogP contribution in [0.15, 0.2) is 53.4 Å². The SMILES string of the molecule is COc1ccc(C)cc1S(=O)(=O)N[C@@H](Cc1ccccc1)C(=O)NC(C)C. The maximum atomic E-state index is 13.0. The second kappa shape index (κ2) is 9.01. The molecule has 2 aromatic carbocycles. The molecule has 2 rings (SSSR count). The molecular formula is C20H26N2O4S. The largest absolute Gasteiger partial charge is 0.495 e. The van der Waals surface area contributed by atoms with E-state index in [1.54, 1.807) is 19.1 Å². The monoisotopic (exact) mass is 390 g/mol. The smallest absolute Gasteiger partial charge is 0.244 e. The maximum absolute atomic E-state index is 13.0. The molecule has 27 heavy (non-hydrogen) atoms. The number of benzene rings is 2. The van der Waals surface area contributed by atoms with Crippen molar-refractivity contribution in [2.45, 2.75) is 44.2 Å². The van der Waals surface area contributed by atoms with Crippen LogP contribution in [-0.4, -0.2) is 33.5 Å². The van der Waals surface area contributed by atoms with E-state index in [1.807, 2.05) is 44.2 Å². The van der Waals surface area contributed by atoms with Crippen molar-refractivity contribution in [3.05, 3.63) is 59.7 Å². The molecule has 0 radical (unpaired) electrons. The highest BCUT2D eigenvalue weighted by Gasteiger charge is 2.28. The fourth-order valence-electron chi connectivity index (χ4n) is 2.67. The van der Waals surface area contributed by atoms with E-state index in [-0.39, 0.29) is 29.0 Å². The first kappa shape index (κ1) is 20.9. The predicted octanol–water partition coefficient (Wildman–Crippen LogP) is 2.42. The van der Waals surface area contributed by atoms with Crippen LogP contribution < -0.4 is 14.8 Å². The van der Waals surface area contributed by atoms with Crippen molar-refractivity contribution in [3.8, 4) is 5.75 Å². The average molecular weight is 391 g/mol. The van der Waals surface area contributed by atoms with Gasteiger partial charge in [0.25, 0.3) is 0 Å². The van der Waals surface area contributed by atoms with Crippen molar-refractivity contribution in [1.82, 2.24) is 10.0 Å². The lowest BCUT2D eigenvalue weighted by atomic mass is 10.1. The third-order valence-corrected chi connectivity index (χ3v) is 5.43. The summed E-state index contributed by atoms with van der Waals surface area (Å²) in [4.78, 5) is 12.6. The lowest BCUT2D eigenvalue weighted by Crippen LogP contribution is -2.49. The van der Waals surface area contributed by atoms with E-state index in [0.717, 1.165) is 11.1 Å². The van der Waals surface area contributed by atoms with E-state index in [0.29, 0.717) is 0 Å². The number of carbonyl (C=O) groups is 1. The Bertz CT molecular complexity index is 880. The van der Waals surface area contributed by atoms with E-state index in [9.17, 15) is 13.2 Å². The van der Waals surface area contributed by atoms with Crippen molar-refractivity contribution >= 4 is 15.9 Å². The third-order valence-electron chi connectivity index (χ3n) is 3.94. The molecule has 0 unspecified atom stereocenters. The quantitative estimate of drug-likeness (QED) is 0.725. The Morgan fingerprint density at radius 2 is 1.78 bits per heavy atom. The first-order valence-electron chi connectivity index (χ1n) is 8.74. The molecule has 0 saturated carbocycles. The molecule has 6 nitrogen and oxygen atoms in total. The minimum absolute atomic E-state index is 0.0143. The number of rotatable bonds is 8. The highest BCUT2D eigenvalue weighted by Crippen LogP contribution is 2.25. The summed E-state index contributed by atoms with van der Waals surface area (Å²) in [5.74, 6) is -0.139. The van der Waals surface area contributed by atoms with Crippen molar-refractivity contribution in [1.29, 1.82) is 0 Å². The number of ether oxygens (including phenoxy) is 1. The fourth-order valence-corrected chi connectivity index (χ4v) is 4.12. The summed E-state index contributed by atoms with van der Waals surface area (Å²) in [6, 6.07) is 13.1. The Hall–Kier alpha value is -2.38. The van der Waals surface area contributed by atoms with Gasteiger partial charge in [0.15, 0.2) is 0 Å². The summed E-state index contributed by atoms with van der Waals surface area (Å²) < 4.78 is 33.7. The second-order valence-electron chi connectivity index (χ2n) is 6.68. The van der Waals surface area contributed by atoms with Crippen LogP contribution in [0.1, 0.15) is 25.0 Å². The van der Waals surface area contributed by atoms with Gasteiger partial charge in [-0.25, -0.2) is 8.42 Å². The Kier molecular flexibility index (Phi) is 6.98. The first-order chi connectivity index (χ1) is 12.7. The molecule has 0 aliphatic rings. The summed E-state index contributed by atoms with van der Waals surface area (Å²) in [5, 5.41) is 2.78. The van der Waals surface area contributed by atoms with Crippen molar-refractivity contribution in [3.63, 3.8) is 0 Å². The van der Waals surface area contributed by atoms with Crippen LogP contribution in [0, 0.1) is 6.92 Å². The lowest BCUT2D eigenvalue weighted by molar-refractivity contribution is -0.123. The molecule has 0 spiro atoms. The minimum Gasteiger partial charge on any atom is -0.495 e. The van der Waals surface area contributed by atoms with Gasteiger partial charge in [-0.05, 0) is 50.5 Å². The summed E-state index contributed by atoms with van der Waals surface area (Å²) in [5.41, 5.74) is 1.64. The lowest BCUT2D eigenvalue weighted by Gasteiger charge is -2.21. The maximum Gasteiger partial charge on any atom is 0.244 e. The second-order valence-corrected chi connectivity index (χ2v) is 8.36. The summed E-state index contributed by atoms with van der Waals surface area (Å²) in [6.07, 6.45) is 0.243. The van der Waals surface area contributed by atoms with Crippen molar-refractivity contribution in [2.75, 3.05) is 7.11 Å². The number of aryl methyl sites for hydroxylation is 1. The number of sulfonamides is 1. The first-order valence-corrected chi connectivity index (χ1v) is 10.2. The van der Waals surface area contributed by atoms with Gasteiger partial charge < -0.3 is 10.1 Å². The van der Waals surface area contributed by atoms with Gasteiger partial charge in [0.1, 0.15) is 16.7 Å². The highest BCUT2D eigenvalue weighted by molar-refractivity contribution is 7.89. The Balaban J connectivity index is 2.35. The number of methoxy groups -OCH3 is 1. The Morgan fingerprint density at radius 1 is 1.11 bits per heavy atom. The van der Waals surface area contributed by atoms with Gasteiger partial charge in [0.05, 0.1) is 7.11 Å².